The minimum absolute atomic E-state index is 0.0999. The van der Waals surface area contributed by atoms with E-state index in [1.54, 1.807) is 14.0 Å². The van der Waals surface area contributed by atoms with E-state index < -0.39 is 6.09 Å². The zero-order valence-electron chi connectivity index (χ0n) is 14.3. The van der Waals surface area contributed by atoms with Crippen LogP contribution in [-0.2, 0) is 4.74 Å². The van der Waals surface area contributed by atoms with Crippen molar-refractivity contribution in [2.45, 2.75) is 6.92 Å². The van der Waals surface area contributed by atoms with Crippen molar-refractivity contribution >= 4 is 22.7 Å². The third kappa shape index (κ3) is 3.39. The highest BCUT2D eigenvalue weighted by Crippen LogP contribution is 2.32. The average molecular weight is 348 g/mol. The Labute approximate surface area is 150 Å². The SMILES string of the molecule is CCOC(=O)Nc1nc(-c2cc(OC)cc3ccccc23)ncc1C#N. The Bertz CT molecular complexity index is 1010. The number of aromatic nitrogens is 2. The van der Waals surface area contributed by atoms with Gasteiger partial charge in [0.05, 0.1) is 19.9 Å². The van der Waals surface area contributed by atoms with Crippen molar-refractivity contribution in [2.24, 2.45) is 0 Å². The van der Waals surface area contributed by atoms with E-state index in [2.05, 4.69) is 15.3 Å². The van der Waals surface area contributed by atoms with E-state index >= 15 is 0 Å². The molecule has 1 N–H and O–H groups in total. The molecule has 0 saturated carbocycles. The van der Waals surface area contributed by atoms with Crippen LogP contribution in [0.15, 0.2) is 42.6 Å². The lowest BCUT2D eigenvalue weighted by atomic mass is 10.0. The molecule has 7 nitrogen and oxygen atoms in total. The summed E-state index contributed by atoms with van der Waals surface area (Å²) in [6.45, 7) is 1.91. The molecule has 0 aliphatic heterocycles. The second-order valence-corrected chi connectivity index (χ2v) is 5.31. The summed E-state index contributed by atoms with van der Waals surface area (Å²) in [4.78, 5) is 20.4. The second kappa shape index (κ2) is 7.49. The van der Waals surface area contributed by atoms with Crippen molar-refractivity contribution < 1.29 is 14.3 Å². The zero-order valence-corrected chi connectivity index (χ0v) is 14.3. The lowest BCUT2D eigenvalue weighted by Crippen LogP contribution is -2.16. The summed E-state index contributed by atoms with van der Waals surface area (Å²) >= 11 is 0. The van der Waals surface area contributed by atoms with Gasteiger partial charge in [0, 0.05) is 5.56 Å². The second-order valence-electron chi connectivity index (χ2n) is 5.31. The summed E-state index contributed by atoms with van der Waals surface area (Å²) in [5.41, 5.74) is 0.880. The van der Waals surface area contributed by atoms with Gasteiger partial charge in [-0.05, 0) is 29.8 Å². The maximum absolute atomic E-state index is 11.7. The molecule has 0 bridgehead atoms. The van der Waals surface area contributed by atoms with Crippen molar-refractivity contribution in [1.29, 1.82) is 5.26 Å². The van der Waals surface area contributed by atoms with Gasteiger partial charge in [0.15, 0.2) is 11.6 Å². The van der Waals surface area contributed by atoms with E-state index in [0.717, 1.165) is 16.3 Å². The highest BCUT2D eigenvalue weighted by molar-refractivity contribution is 5.96. The third-order valence-electron chi connectivity index (χ3n) is 3.72. The number of nitriles is 1. The number of hydrogen-bond donors (Lipinski definition) is 1. The van der Waals surface area contributed by atoms with Gasteiger partial charge >= 0.3 is 6.09 Å². The van der Waals surface area contributed by atoms with Crippen LogP contribution >= 0.6 is 0 Å². The lowest BCUT2D eigenvalue weighted by molar-refractivity contribution is 0.168. The number of ether oxygens (including phenoxy) is 2. The van der Waals surface area contributed by atoms with Crippen LogP contribution in [0.3, 0.4) is 0 Å². The fourth-order valence-electron chi connectivity index (χ4n) is 2.54. The van der Waals surface area contributed by atoms with Crippen molar-refractivity contribution in [3.8, 4) is 23.2 Å². The highest BCUT2D eigenvalue weighted by atomic mass is 16.5. The van der Waals surface area contributed by atoms with Gasteiger partial charge in [-0.3, -0.25) is 5.32 Å². The van der Waals surface area contributed by atoms with Gasteiger partial charge in [-0.1, -0.05) is 24.3 Å². The standard InChI is InChI=1S/C19H16N4O3/c1-3-26-19(24)23-17-13(10-20)11-21-18(22-17)16-9-14(25-2)8-12-6-4-5-7-15(12)16/h4-9,11H,3H2,1-2H3,(H,21,22,23,24). The largest absolute Gasteiger partial charge is 0.497 e. The summed E-state index contributed by atoms with van der Waals surface area (Å²) in [6, 6.07) is 13.5. The molecule has 2 aromatic carbocycles. The number of carbonyl (C=O) groups excluding carboxylic acids is 1. The number of nitrogens with one attached hydrogen (secondary N) is 1. The first kappa shape index (κ1) is 17.2. The number of rotatable bonds is 4. The summed E-state index contributed by atoms with van der Waals surface area (Å²) < 4.78 is 10.2. The molecule has 0 fully saturated rings. The van der Waals surface area contributed by atoms with Crippen LogP contribution < -0.4 is 10.1 Å². The van der Waals surface area contributed by atoms with Crippen LogP contribution in [0.5, 0.6) is 5.75 Å². The van der Waals surface area contributed by atoms with Crippen LogP contribution in [0.25, 0.3) is 22.2 Å². The number of methoxy groups -OCH3 is 1. The fourth-order valence-corrected chi connectivity index (χ4v) is 2.54. The number of carbonyl (C=O) groups is 1. The summed E-state index contributed by atoms with van der Waals surface area (Å²) in [6.07, 6.45) is 0.696. The maximum Gasteiger partial charge on any atom is 0.412 e. The van der Waals surface area contributed by atoms with Gasteiger partial charge in [0.25, 0.3) is 0 Å². The molecule has 0 radical (unpaired) electrons. The molecule has 7 heteroatoms. The first-order valence-corrected chi connectivity index (χ1v) is 7.94. The molecule has 3 rings (SSSR count). The Morgan fingerprint density at radius 1 is 1.31 bits per heavy atom. The van der Waals surface area contributed by atoms with Crippen molar-refractivity contribution in [1.82, 2.24) is 9.97 Å². The Kier molecular flexibility index (Phi) is 4.94. The predicted molar refractivity (Wildman–Crippen MR) is 96.9 cm³/mol. The van der Waals surface area contributed by atoms with Crippen molar-refractivity contribution in [2.75, 3.05) is 19.0 Å². The van der Waals surface area contributed by atoms with Gasteiger partial charge < -0.3 is 9.47 Å². The molecule has 26 heavy (non-hydrogen) atoms. The number of fused-ring (bicyclic) bond motifs is 1. The predicted octanol–water partition coefficient (Wildman–Crippen LogP) is 3.75. The molecule has 0 aliphatic carbocycles. The van der Waals surface area contributed by atoms with E-state index in [9.17, 15) is 10.1 Å². The first-order valence-electron chi connectivity index (χ1n) is 7.94. The minimum atomic E-state index is -0.677. The summed E-state index contributed by atoms with van der Waals surface area (Å²) in [7, 11) is 1.58. The quantitative estimate of drug-likeness (QED) is 0.771. The normalized spacial score (nSPS) is 10.2. The smallest absolute Gasteiger partial charge is 0.412 e. The Morgan fingerprint density at radius 3 is 2.85 bits per heavy atom. The van der Waals surface area contributed by atoms with Crippen molar-refractivity contribution in [3.05, 3.63) is 48.2 Å². The van der Waals surface area contributed by atoms with E-state index in [1.165, 1.54) is 6.20 Å². The van der Waals surface area contributed by atoms with E-state index in [1.807, 2.05) is 42.5 Å². The highest BCUT2D eigenvalue weighted by Gasteiger charge is 2.15. The molecule has 130 valence electrons. The molecule has 0 atom stereocenters. The van der Waals surface area contributed by atoms with E-state index in [-0.39, 0.29) is 18.0 Å². The Hall–Kier alpha value is -3.66. The van der Waals surface area contributed by atoms with Crippen LogP contribution in [0.4, 0.5) is 10.6 Å². The summed E-state index contributed by atoms with van der Waals surface area (Å²) in [5.74, 6) is 1.13. The number of amides is 1. The Balaban J connectivity index is 2.14. The molecule has 1 amide bonds. The maximum atomic E-state index is 11.7. The van der Waals surface area contributed by atoms with Crippen LogP contribution in [0.2, 0.25) is 0 Å². The zero-order chi connectivity index (χ0) is 18.5. The van der Waals surface area contributed by atoms with Crippen LogP contribution in [-0.4, -0.2) is 29.8 Å². The average Bonchev–Trinajstić information content (AvgIpc) is 2.67. The van der Waals surface area contributed by atoms with Gasteiger partial charge in [0.1, 0.15) is 17.4 Å². The Morgan fingerprint density at radius 2 is 2.12 bits per heavy atom. The minimum Gasteiger partial charge on any atom is -0.497 e. The van der Waals surface area contributed by atoms with Crippen molar-refractivity contribution in [3.63, 3.8) is 0 Å². The molecular formula is C19H16N4O3. The molecule has 0 aliphatic rings. The van der Waals surface area contributed by atoms with E-state index in [4.69, 9.17) is 9.47 Å². The molecule has 0 saturated heterocycles. The number of benzene rings is 2. The lowest BCUT2D eigenvalue weighted by Gasteiger charge is -2.11. The number of hydrogen-bond acceptors (Lipinski definition) is 6. The molecule has 1 heterocycles. The summed E-state index contributed by atoms with van der Waals surface area (Å²) in [5, 5.41) is 13.6. The number of anilines is 1. The third-order valence-corrected chi connectivity index (χ3v) is 3.72. The van der Waals surface area contributed by atoms with Gasteiger partial charge in [-0.2, -0.15) is 5.26 Å². The topological polar surface area (TPSA) is 97.1 Å². The van der Waals surface area contributed by atoms with Crippen LogP contribution in [0.1, 0.15) is 12.5 Å². The molecule has 1 aromatic heterocycles. The van der Waals surface area contributed by atoms with Gasteiger partial charge in [-0.25, -0.2) is 14.8 Å². The fraction of sp³-hybridized carbons (Fsp3) is 0.158. The number of nitrogens with zero attached hydrogens (tertiary/aromatic N) is 3. The first-order chi connectivity index (χ1) is 12.7. The molecule has 3 aromatic rings. The molecular weight excluding hydrogens is 332 g/mol. The van der Waals surface area contributed by atoms with Gasteiger partial charge in [0.2, 0.25) is 0 Å². The molecule has 0 unspecified atom stereocenters. The molecule has 0 spiro atoms. The van der Waals surface area contributed by atoms with Gasteiger partial charge in [-0.15, -0.1) is 0 Å². The van der Waals surface area contributed by atoms with Crippen LogP contribution in [0, 0.1) is 11.3 Å². The van der Waals surface area contributed by atoms with E-state index in [0.29, 0.717) is 11.6 Å². The monoisotopic (exact) mass is 348 g/mol.